The maximum Gasteiger partial charge on any atom is 0.327 e. The number of hydrogen-bond acceptors (Lipinski definition) is 4. The van der Waals surface area contributed by atoms with Gasteiger partial charge in [-0.25, -0.2) is 0 Å². The zero-order valence-electron chi connectivity index (χ0n) is 16.7. The van der Waals surface area contributed by atoms with Crippen molar-refractivity contribution in [2.45, 2.75) is 108 Å². The van der Waals surface area contributed by atoms with Crippen LogP contribution < -0.4 is 0 Å². The van der Waals surface area contributed by atoms with Gasteiger partial charge in [0.1, 0.15) is 5.25 Å². The lowest BCUT2D eigenvalue weighted by molar-refractivity contribution is -0.151. The Balaban J connectivity index is 1.76. The maximum atomic E-state index is 11.3. The van der Waals surface area contributed by atoms with E-state index in [9.17, 15) is 9.59 Å². The molecule has 0 aliphatic carbocycles. The lowest BCUT2D eigenvalue weighted by Crippen LogP contribution is -2.09. The summed E-state index contributed by atoms with van der Waals surface area (Å²) < 4.78 is 4.53. The number of carbonyl (C=O) groups excluding carboxylic acids is 2. The molecule has 0 amide bonds. The molecule has 0 aromatic rings. The first-order valence-corrected chi connectivity index (χ1v) is 11.8. The molecule has 1 saturated heterocycles. The van der Waals surface area contributed by atoms with Crippen LogP contribution in [0, 0.1) is 0 Å². The summed E-state index contributed by atoms with van der Waals surface area (Å²) in [6.07, 6.45) is 23.7. The van der Waals surface area contributed by atoms with Crippen LogP contribution in [0.25, 0.3) is 0 Å². The molecule has 1 aliphatic rings. The molecule has 0 bridgehead atoms. The predicted molar refractivity (Wildman–Crippen MR) is 111 cm³/mol. The topological polar surface area (TPSA) is 43.4 Å². The van der Waals surface area contributed by atoms with E-state index < -0.39 is 0 Å². The average molecular weight is 383 g/mol. The third kappa shape index (κ3) is 12.6. The minimum Gasteiger partial charge on any atom is -0.392 e. The maximum absolute atomic E-state index is 11.3. The first kappa shape index (κ1) is 23.3. The van der Waals surface area contributed by atoms with Gasteiger partial charge in [0, 0.05) is 5.75 Å². The molecule has 0 spiro atoms. The molecule has 0 radical (unpaired) electrons. The van der Waals surface area contributed by atoms with Crippen LogP contribution in [0.1, 0.15) is 103 Å². The molecule has 4 heteroatoms. The fourth-order valence-electron chi connectivity index (χ4n) is 3.22. The summed E-state index contributed by atoms with van der Waals surface area (Å²) in [6, 6.07) is 0. The monoisotopic (exact) mass is 382 g/mol. The van der Waals surface area contributed by atoms with Gasteiger partial charge in [-0.15, -0.1) is 11.8 Å². The van der Waals surface area contributed by atoms with Crippen LogP contribution in [0.3, 0.4) is 0 Å². The molecule has 0 aromatic heterocycles. The Kier molecular flexibility index (Phi) is 14.7. The second-order valence-electron chi connectivity index (χ2n) is 7.32. The van der Waals surface area contributed by atoms with E-state index in [4.69, 9.17) is 0 Å². The molecule has 26 heavy (non-hydrogen) atoms. The summed E-state index contributed by atoms with van der Waals surface area (Å²) in [6.45, 7) is 2.27. The second-order valence-corrected chi connectivity index (χ2v) is 8.56. The predicted octanol–water partition coefficient (Wildman–Crippen LogP) is 6.60. The molecule has 1 atom stereocenters. The first-order valence-electron chi connectivity index (χ1n) is 10.7. The van der Waals surface area contributed by atoms with Gasteiger partial charge in [0.2, 0.25) is 0 Å². The minimum atomic E-state index is -0.386. The molecule has 0 aromatic carbocycles. The Bertz CT molecular complexity index is 406. The largest absolute Gasteiger partial charge is 0.392 e. The van der Waals surface area contributed by atoms with E-state index in [0.717, 1.165) is 12.2 Å². The van der Waals surface area contributed by atoms with Crippen molar-refractivity contribution in [3.63, 3.8) is 0 Å². The lowest BCUT2D eigenvalue weighted by atomic mass is 10.0. The van der Waals surface area contributed by atoms with E-state index in [2.05, 4.69) is 23.8 Å². The van der Waals surface area contributed by atoms with Crippen LogP contribution >= 0.6 is 11.8 Å². The summed E-state index contributed by atoms with van der Waals surface area (Å²) in [4.78, 5) is 22.3. The molecule has 0 saturated carbocycles. The fraction of sp³-hybridized carbons (Fsp3) is 0.818. The molecule has 1 rings (SSSR count). The molecular formula is C22H38O3S. The van der Waals surface area contributed by atoms with E-state index in [-0.39, 0.29) is 23.6 Å². The van der Waals surface area contributed by atoms with Crippen LogP contribution in [0.5, 0.6) is 0 Å². The molecule has 3 nitrogen and oxygen atoms in total. The number of esters is 2. The Morgan fingerprint density at radius 2 is 1.38 bits per heavy atom. The molecule has 0 N–H and O–H groups in total. The number of rotatable bonds is 17. The minimum absolute atomic E-state index is 0.232. The van der Waals surface area contributed by atoms with Crippen molar-refractivity contribution in [3.05, 3.63) is 12.2 Å². The van der Waals surface area contributed by atoms with Gasteiger partial charge >= 0.3 is 11.9 Å². The van der Waals surface area contributed by atoms with Gasteiger partial charge in [-0.2, -0.15) is 0 Å². The number of cyclic esters (lactones) is 2. The van der Waals surface area contributed by atoms with Crippen molar-refractivity contribution in [1.82, 2.24) is 0 Å². The van der Waals surface area contributed by atoms with E-state index in [0.29, 0.717) is 0 Å². The van der Waals surface area contributed by atoms with Crippen LogP contribution in [0.2, 0.25) is 0 Å². The standard InChI is InChI=1S/C22H38O3S/c1-2-3-4-5-6-7-8-9-10-11-12-13-14-15-16-17-18-26-20-19-21(23)25-22(20)24/h16-17,20H,2-15,18-19H2,1H3. The van der Waals surface area contributed by atoms with Crippen LogP contribution in [0.4, 0.5) is 0 Å². The van der Waals surface area contributed by atoms with Gasteiger partial charge in [0.05, 0.1) is 6.42 Å². The van der Waals surface area contributed by atoms with Crippen molar-refractivity contribution in [2.24, 2.45) is 0 Å². The number of allylic oxidation sites excluding steroid dienone is 1. The van der Waals surface area contributed by atoms with E-state index in [1.165, 1.54) is 95.2 Å². The Labute approximate surface area is 164 Å². The Morgan fingerprint density at radius 3 is 1.88 bits per heavy atom. The quantitative estimate of drug-likeness (QED) is 0.123. The summed E-state index contributed by atoms with van der Waals surface area (Å²) in [5, 5.41) is -0.288. The molecule has 1 aliphatic heterocycles. The summed E-state index contributed by atoms with van der Waals surface area (Å²) in [5.74, 6) is 0.0271. The van der Waals surface area contributed by atoms with E-state index in [1.54, 1.807) is 0 Å². The molecule has 1 heterocycles. The highest BCUT2D eigenvalue weighted by Crippen LogP contribution is 2.22. The second kappa shape index (κ2) is 16.4. The fourth-order valence-corrected chi connectivity index (χ4v) is 4.14. The van der Waals surface area contributed by atoms with Crippen LogP contribution in [-0.2, 0) is 14.3 Å². The third-order valence-electron chi connectivity index (χ3n) is 4.86. The summed E-state index contributed by atoms with van der Waals surface area (Å²) in [7, 11) is 0. The molecule has 1 unspecified atom stereocenters. The van der Waals surface area contributed by atoms with Gasteiger partial charge in [0.25, 0.3) is 0 Å². The van der Waals surface area contributed by atoms with Crippen molar-refractivity contribution >= 4 is 23.7 Å². The highest BCUT2D eigenvalue weighted by Gasteiger charge is 2.33. The van der Waals surface area contributed by atoms with Crippen molar-refractivity contribution in [1.29, 1.82) is 0 Å². The van der Waals surface area contributed by atoms with Gasteiger partial charge < -0.3 is 4.74 Å². The summed E-state index contributed by atoms with van der Waals surface area (Å²) in [5.41, 5.74) is 0. The highest BCUT2D eigenvalue weighted by molar-refractivity contribution is 8.00. The summed E-state index contributed by atoms with van der Waals surface area (Å²) >= 11 is 1.50. The number of unbranched alkanes of at least 4 members (excludes halogenated alkanes) is 13. The molecule has 150 valence electrons. The molecular weight excluding hydrogens is 344 g/mol. The third-order valence-corrected chi connectivity index (χ3v) is 6.01. The first-order chi connectivity index (χ1) is 12.7. The number of carbonyl (C=O) groups is 2. The van der Waals surface area contributed by atoms with Crippen molar-refractivity contribution in [2.75, 3.05) is 5.75 Å². The number of thioether (sulfide) groups is 1. The van der Waals surface area contributed by atoms with Gasteiger partial charge in [-0.1, -0.05) is 96.1 Å². The molecule has 1 fully saturated rings. The Hall–Kier alpha value is -0.770. The van der Waals surface area contributed by atoms with Crippen LogP contribution in [-0.4, -0.2) is 22.9 Å². The van der Waals surface area contributed by atoms with Crippen LogP contribution in [0.15, 0.2) is 12.2 Å². The number of ether oxygens (including phenoxy) is 1. The average Bonchev–Trinajstić information content (AvgIpc) is 2.95. The van der Waals surface area contributed by atoms with Crippen molar-refractivity contribution < 1.29 is 14.3 Å². The van der Waals surface area contributed by atoms with Crippen molar-refractivity contribution in [3.8, 4) is 0 Å². The normalized spacial score (nSPS) is 17.3. The highest BCUT2D eigenvalue weighted by atomic mass is 32.2. The van der Waals surface area contributed by atoms with Gasteiger partial charge in [-0.3, -0.25) is 9.59 Å². The van der Waals surface area contributed by atoms with E-state index >= 15 is 0 Å². The lowest BCUT2D eigenvalue weighted by Gasteiger charge is -2.02. The van der Waals surface area contributed by atoms with E-state index in [1.807, 2.05) is 0 Å². The van der Waals surface area contributed by atoms with Gasteiger partial charge in [0.15, 0.2) is 0 Å². The Morgan fingerprint density at radius 1 is 0.846 bits per heavy atom. The smallest absolute Gasteiger partial charge is 0.327 e. The number of hydrogen-bond donors (Lipinski definition) is 0. The zero-order valence-corrected chi connectivity index (χ0v) is 17.5. The SMILES string of the molecule is CCCCCCCCCCCCCCCC=CCSC1CC(=O)OC1=O. The zero-order chi connectivity index (χ0) is 18.9. The van der Waals surface area contributed by atoms with Gasteiger partial charge in [-0.05, 0) is 12.8 Å².